The first-order valence-corrected chi connectivity index (χ1v) is 8.30. The number of aromatic nitrogens is 4. The van der Waals surface area contributed by atoms with E-state index in [1.54, 1.807) is 21.9 Å². The van der Waals surface area contributed by atoms with Crippen LogP contribution in [0.4, 0.5) is 5.13 Å². The van der Waals surface area contributed by atoms with Gasteiger partial charge in [0.2, 0.25) is 0 Å². The molecule has 0 spiro atoms. The first-order valence-electron chi connectivity index (χ1n) is 7.11. The quantitative estimate of drug-likeness (QED) is 0.719. The highest BCUT2D eigenvalue weighted by Gasteiger charge is 2.18. The molecule has 1 aliphatic rings. The lowest BCUT2D eigenvalue weighted by Gasteiger charge is -2.32. The van der Waals surface area contributed by atoms with Crippen molar-refractivity contribution in [3.8, 4) is 10.6 Å². The summed E-state index contributed by atoms with van der Waals surface area (Å²) < 4.78 is 1.77. The second-order valence-corrected chi connectivity index (χ2v) is 6.76. The van der Waals surface area contributed by atoms with Crippen LogP contribution in [0.25, 0.3) is 16.2 Å². The molecule has 0 radical (unpaired) electrons. The highest BCUT2D eigenvalue weighted by atomic mass is 35.5. The van der Waals surface area contributed by atoms with Gasteiger partial charge in [0.05, 0.1) is 11.1 Å². The lowest BCUT2D eigenvalue weighted by Crippen LogP contribution is -2.44. The summed E-state index contributed by atoms with van der Waals surface area (Å²) in [4.78, 5) is 14.7. The molecule has 22 heavy (non-hydrogen) atoms. The fourth-order valence-electron chi connectivity index (χ4n) is 2.55. The van der Waals surface area contributed by atoms with Gasteiger partial charge in [-0.1, -0.05) is 22.9 Å². The normalized spacial score (nSPS) is 16.5. The third kappa shape index (κ3) is 2.45. The minimum atomic E-state index is 0.454. The fraction of sp³-hybridized carbons (Fsp3) is 0.357. The van der Waals surface area contributed by atoms with Crippen LogP contribution in [0.15, 0.2) is 24.5 Å². The summed E-state index contributed by atoms with van der Waals surface area (Å²) >= 11 is 7.66. The van der Waals surface area contributed by atoms with Gasteiger partial charge < -0.3 is 9.80 Å². The maximum atomic E-state index is 5.99. The van der Waals surface area contributed by atoms with Crippen LogP contribution in [0.5, 0.6) is 0 Å². The summed E-state index contributed by atoms with van der Waals surface area (Å²) in [7, 11) is 2.15. The number of nitrogens with zero attached hydrogens (tertiary/aromatic N) is 6. The van der Waals surface area contributed by atoms with E-state index in [0.29, 0.717) is 5.15 Å². The third-order valence-corrected chi connectivity index (χ3v) is 5.13. The van der Waals surface area contributed by atoms with Crippen LogP contribution in [0.2, 0.25) is 5.15 Å². The summed E-state index contributed by atoms with van der Waals surface area (Å²) in [6, 6.07) is 3.61. The highest BCUT2D eigenvalue weighted by Crippen LogP contribution is 2.31. The molecule has 0 amide bonds. The zero-order chi connectivity index (χ0) is 15.1. The van der Waals surface area contributed by atoms with E-state index in [9.17, 15) is 0 Å². The predicted molar refractivity (Wildman–Crippen MR) is 88.8 cm³/mol. The second-order valence-electron chi connectivity index (χ2n) is 5.37. The Labute approximate surface area is 137 Å². The topological polar surface area (TPSA) is 49.6 Å². The molecule has 1 fully saturated rings. The van der Waals surface area contributed by atoms with Crippen molar-refractivity contribution in [1.29, 1.82) is 0 Å². The smallest absolute Gasteiger partial charge is 0.185 e. The molecule has 0 aliphatic carbocycles. The minimum Gasteiger partial charge on any atom is -0.346 e. The van der Waals surface area contributed by atoms with Gasteiger partial charge in [-0.15, -0.1) is 0 Å². The summed E-state index contributed by atoms with van der Waals surface area (Å²) in [5.41, 5.74) is 1.71. The fourth-order valence-corrected chi connectivity index (χ4v) is 3.65. The summed E-state index contributed by atoms with van der Waals surface area (Å²) in [6.45, 7) is 4.17. The molecule has 3 aromatic heterocycles. The molecule has 1 aliphatic heterocycles. The number of rotatable bonds is 2. The van der Waals surface area contributed by atoms with Gasteiger partial charge >= 0.3 is 0 Å². The van der Waals surface area contributed by atoms with Gasteiger partial charge in [-0.2, -0.15) is 5.10 Å². The molecular weight excluding hydrogens is 320 g/mol. The van der Waals surface area contributed by atoms with Crippen LogP contribution in [-0.4, -0.2) is 57.7 Å². The van der Waals surface area contributed by atoms with Gasteiger partial charge in [-0.3, -0.25) is 0 Å². The molecule has 0 aromatic carbocycles. The average Bonchev–Trinajstić information content (AvgIpc) is 3.14. The van der Waals surface area contributed by atoms with Crippen molar-refractivity contribution < 1.29 is 0 Å². The van der Waals surface area contributed by atoms with Crippen LogP contribution in [0.1, 0.15) is 0 Å². The lowest BCUT2D eigenvalue weighted by atomic mass is 10.3. The molecule has 0 atom stereocenters. The van der Waals surface area contributed by atoms with Gasteiger partial charge in [0.1, 0.15) is 10.8 Å². The number of fused-ring (bicyclic) bond motifs is 1. The van der Waals surface area contributed by atoms with Crippen molar-refractivity contribution in [3.63, 3.8) is 0 Å². The maximum absolute atomic E-state index is 5.99. The monoisotopic (exact) mass is 334 g/mol. The Morgan fingerprint density at radius 3 is 2.73 bits per heavy atom. The Morgan fingerprint density at radius 1 is 1.09 bits per heavy atom. The molecule has 4 rings (SSSR count). The zero-order valence-electron chi connectivity index (χ0n) is 12.1. The molecular formula is C14H15ClN6S. The highest BCUT2D eigenvalue weighted by molar-refractivity contribution is 7.18. The van der Waals surface area contributed by atoms with Crippen LogP contribution >= 0.6 is 22.9 Å². The standard InChI is InChI=1S/C14H15ClN6S/c1-19-4-6-20(7-5-19)14-17-9-11(22-14)10-8-16-13-3-2-12(15)18-21(10)13/h2-3,8-9H,4-7H2,1H3. The predicted octanol–water partition coefficient (Wildman–Crippen LogP) is 2.26. The number of piperazine rings is 1. The Kier molecular flexibility index (Phi) is 3.48. The van der Waals surface area contributed by atoms with E-state index < -0.39 is 0 Å². The molecule has 8 heteroatoms. The summed E-state index contributed by atoms with van der Waals surface area (Å²) in [5, 5.41) is 5.83. The number of likely N-dealkylation sites (N-methyl/N-ethyl adjacent to an activating group) is 1. The summed E-state index contributed by atoms with van der Waals surface area (Å²) in [6.07, 6.45) is 3.71. The molecule has 0 N–H and O–H groups in total. The van der Waals surface area contributed by atoms with Crippen molar-refractivity contribution in [2.24, 2.45) is 0 Å². The first-order chi connectivity index (χ1) is 10.7. The minimum absolute atomic E-state index is 0.454. The van der Waals surface area contributed by atoms with Crippen molar-refractivity contribution >= 4 is 33.7 Å². The van der Waals surface area contributed by atoms with E-state index >= 15 is 0 Å². The summed E-state index contributed by atoms with van der Waals surface area (Å²) in [5.74, 6) is 0. The SMILES string of the molecule is CN1CCN(c2ncc(-c3cnc4ccc(Cl)nn34)s2)CC1. The van der Waals surface area contributed by atoms with Crippen LogP contribution < -0.4 is 4.90 Å². The zero-order valence-corrected chi connectivity index (χ0v) is 13.7. The second kappa shape index (κ2) is 5.49. The number of thiazole rings is 1. The number of imidazole rings is 1. The van der Waals surface area contributed by atoms with Gasteiger partial charge in [-0.05, 0) is 19.2 Å². The molecule has 114 valence electrons. The van der Waals surface area contributed by atoms with Crippen molar-refractivity contribution in [2.75, 3.05) is 38.1 Å². The number of hydrogen-bond acceptors (Lipinski definition) is 6. The van der Waals surface area contributed by atoms with E-state index in [1.165, 1.54) is 0 Å². The Balaban J connectivity index is 1.67. The molecule has 4 heterocycles. The van der Waals surface area contributed by atoms with Crippen molar-refractivity contribution in [2.45, 2.75) is 0 Å². The van der Waals surface area contributed by atoms with Gasteiger partial charge in [0.15, 0.2) is 10.8 Å². The van der Waals surface area contributed by atoms with E-state index in [1.807, 2.05) is 18.5 Å². The maximum Gasteiger partial charge on any atom is 0.185 e. The lowest BCUT2D eigenvalue weighted by molar-refractivity contribution is 0.313. The van der Waals surface area contributed by atoms with Crippen LogP contribution in [0, 0.1) is 0 Å². The van der Waals surface area contributed by atoms with E-state index in [4.69, 9.17) is 11.6 Å². The van der Waals surface area contributed by atoms with Gasteiger partial charge in [-0.25, -0.2) is 14.5 Å². The first kappa shape index (κ1) is 13.9. The molecule has 1 saturated heterocycles. The largest absolute Gasteiger partial charge is 0.346 e. The molecule has 6 nitrogen and oxygen atoms in total. The van der Waals surface area contributed by atoms with Gasteiger partial charge in [0.25, 0.3) is 0 Å². The number of hydrogen-bond donors (Lipinski definition) is 0. The van der Waals surface area contributed by atoms with E-state index in [2.05, 4.69) is 31.9 Å². The molecule has 0 unspecified atom stereocenters. The van der Waals surface area contributed by atoms with Gasteiger partial charge in [0, 0.05) is 32.4 Å². The molecule has 0 saturated carbocycles. The van der Waals surface area contributed by atoms with Crippen molar-refractivity contribution in [1.82, 2.24) is 24.5 Å². The Hall–Kier alpha value is -1.70. The Bertz CT molecular complexity index is 805. The average molecular weight is 335 g/mol. The van der Waals surface area contributed by atoms with E-state index in [-0.39, 0.29) is 0 Å². The number of anilines is 1. The Morgan fingerprint density at radius 2 is 1.91 bits per heavy atom. The molecule has 3 aromatic rings. The number of halogens is 1. The van der Waals surface area contributed by atoms with Crippen LogP contribution in [0.3, 0.4) is 0 Å². The third-order valence-electron chi connectivity index (χ3n) is 3.85. The molecule has 0 bridgehead atoms. The van der Waals surface area contributed by atoms with E-state index in [0.717, 1.165) is 47.5 Å². The van der Waals surface area contributed by atoms with Crippen molar-refractivity contribution in [3.05, 3.63) is 29.7 Å². The van der Waals surface area contributed by atoms with Crippen LogP contribution in [-0.2, 0) is 0 Å².